The van der Waals surface area contributed by atoms with Gasteiger partial charge in [0.25, 0.3) is 0 Å². The topological polar surface area (TPSA) is 44.6 Å². The van der Waals surface area contributed by atoms with Crippen LogP contribution in [0.15, 0.2) is 72.8 Å². The Bertz CT molecular complexity index is 1060. The monoisotopic (exact) mass is 427 g/mol. The van der Waals surface area contributed by atoms with Gasteiger partial charge in [0.15, 0.2) is 0 Å². The number of guanidine groups is 1. The molecule has 32 heavy (non-hydrogen) atoms. The number of benzene rings is 1. The first-order chi connectivity index (χ1) is 15.2. The summed E-state index contributed by atoms with van der Waals surface area (Å²) in [7, 11) is 2.03. The van der Waals surface area contributed by atoms with Crippen molar-refractivity contribution in [3.8, 4) is 0 Å². The van der Waals surface area contributed by atoms with Gasteiger partial charge in [-0.2, -0.15) is 0 Å². The SMILES string of the molecule is C=C(c1ccc(C(C)(C)C)cc1)C1CCCN(C2=NC(c3ccncn3)=CC(=C)N2C)C1. The number of likely N-dealkylation sites (tertiary alicyclic amines) is 1. The molecule has 1 aromatic heterocycles. The van der Waals surface area contributed by atoms with Gasteiger partial charge < -0.3 is 9.80 Å². The first-order valence-corrected chi connectivity index (χ1v) is 11.3. The Morgan fingerprint density at radius 2 is 1.88 bits per heavy atom. The van der Waals surface area contributed by atoms with Gasteiger partial charge >= 0.3 is 0 Å². The molecule has 2 aliphatic rings. The smallest absolute Gasteiger partial charge is 0.206 e. The Morgan fingerprint density at radius 3 is 2.53 bits per heavy atom. The average molecular weight is 428 g/mol. The van der Waals surface area contributed by atoms with E-state index in [2.05, 4.69) is 78.0 Å². The average Bonchev–Trinajstić information content (AvgIpc) is 2.80. The molecule has 0 N–H and O–H groups in total. The van der Waals surface area contributed by atoms with E-state index in [0.29, 0.717) is 5.92 Å². The van der Waals surface area contributed by atoms with Crippen LogP contribution in [0.25, 0.3) is 11.3 Å². The molecule has 2 aromatic rings. The summed E-state index contributed by atoms with van der Waals surface area (Å²) in [5, 5.41) is 0. The molecule has 1 fully saturated rings. The van der Waals surface area contributed by atoms with Gasteiger partial charge in [0.1, 0.15) is 6.33 Å². The number of allylic oxidation sites excluding steroid dienone is 1. The molecule has 0 saturated carbocycles. The molecule has 3 heterocycles. The second-order valence-corrected chi connectivity index (χ2v) is 9.72. The molecule has 0 aliphatic carbocycles. The molecule has 1 aromatic carbocycles. The van der Waals surface area contributed by atoms with E-state index in [1.165, 1.54) is 16.7 Å². The Morgan fingerprint density at radius 1 is 1.12 bits per heavy atom. The van der Waals surface area contributed by atoms with Gasteiger partial charge in [-0.25, -0.2) is 15.0 Å². The maximum absolute atomic E-state index is 4.96. The maximum Gasteiger partial charge on any atom is 0.206 e. The van der Waals surface area contributed by atoms with Crippen LogP contribution in [0.5, 0.6) is 0 Å². The van der Waals surface area contributed by atoms with Crippen LogP contribution in [-0.4, -0.2) is 45.9 Å². The number of hydrogen-bond donors (Lipinski definition) is 0. The van der Waals surface area contributed by atoms with Gasteiger partial charge in [0, 0.05) is 37.9 Å². The van der Waals surface area contributed by atoms with Crippen molar-refractivity contribution in [1.29, 1.82) is 0 Å². The lowest BCUT2D eigenvalue weighted by molar-refractivity contribution is 0.275. The van der Waals surface area contributed by atoms with Crippen LogP contribution >= 0.6 is 0 Å². The molecule has 5 heteroatoms. The van der Waals surface area contributed by atoms with Crippen molar-refractivity contribution in [3.05, 3.63) is 84.6 Å². The minimum Gasteiger partial charge on any atom is -0.342 e. The molecule has 0 spiro atoms. The third-order valence-electron chi connectivity index (χ3n) is 6.42. The number of likely N-dealkylation sites (N-methyl/N-ethyl adjacent to an activating group) is 1. The lowest BCUT2D eigenvalue weighted by atomic mass is 9.83. The second kappa shape index (κ2) is 8.73. The van der Waals surface area contributed by atoms with Crippen molar-refractivity contribution < 1.29 is 0 Å². The molecule has 0 bridgehead atoms. The van der Waals surface area contributed by atoms with E-state index in [0.717, 1.165) is 49.0 Å². The molecule has 1 atom stereocenters. The number of aromatic nitrogens is 2. The van der Waals surface area contributed by atoms with Gasteiger partial charge in [-0.05, 0) is 47.1 Å². The molecular weight excluding hydrogens is 394 g/mol. The predicted molar refractivity (Wildman–Crippen MR) is 133 cm³/mol. The van der Waals surface area contributed by atoms with E-state index in [9.17, 15) is 0 Å². The van der Waals surface area contributed by atoms with Gasteiger partial charge in [0.05, 0.1) is 11.4 Å². The molecule has 0 amide bonds. The van der Waals surface area contributed by atoms with E-state index < -0.39 is 0 Å². The summed E-state index contributed by atoms with van der Waals surface area (Å²) in [4.78, 5) is 17.8. The van der Waals surface area contributed by atoms with Crippen molar-refractivity contribution in [2.24, 2.45) is 10.9 Å². The largest absolute Gasteiger partial charge is 0.342 e. The minimum atomic E-state index is 0.155. The first kappa shape index (κ1) is 22.0. The van der Waals surface area contributed by atoms with Crippen molar-refractivity contribution in [2.45, 2.75) is 39.0 Å². The van der Waals surface area contributed by atoms with Gasteiger partial charge in [-0.15, -0.1) is 0 Å². The highest BCUT2D eigenvalue weighted by Crippen LogP contribution is 2.33. The molecule has 1 unspecified atom stereocenters. The number of piperidine rings is 1. The van der Waals surface area contributed by atoms with Crippen LogP contribution in [-0.2, 0) is 5.41 Å². The standard InChI is InChI=1S/C27H33N5/c1-19-16-25(24-13-14-28-18-29-24)30-26(31(19)6)32-15-7-8-22(17-32)20(2)21-9-11-23(12-10-21)27(3,4)5/h9-14,16,18,22H,1-2,7-8,15,17H2,3-6H3. The number of hydrogen-bond acceptors (Lipinski definition) is 5. The zero-order chi connectivity index (χ0) is 22.9. The highest BCUT2D eigenvalue weighted by molar-refractivity contribution is 5.91. The van der Waals surface area contributed by atoms with E-state index in [4.69, 9.17) is 4.99 Å². The Kier molecular flexibility index (Phi) is 6.00. The van der Waals surface area contributed by atoms with Crippen LogP contribution in [0.1, 0.15) is 50.4 Å². The zero-order valence-corrected chi connectivity index (χ0v) is 19.7. The van der Waals surface area contributed by atoms with Crippen molar-refractivity contribution in [2.75, 3.05) is 20.1 Å². The molecule has 0 radical (unpaired) electrons. The summed E-state index contributed by atoms with van der Waals surface area (Å²) in [6.45, 7) is 17.3. The van der Waals surface area contributed by atoms with E-state index in [1.54, 1.807) is 12.5 Å². The summed E-state index contributed by atoms with van der Waals surface area (Å²) in [6, 6.07) is 10.8. The summed E-state index contributed by atoms with van der Waals surface area (Å²) in [5.74, 6) is 1.31. The van der Waals surface area contributed by atoms with Gasteiger partial charge in [0.2, 0.25) is 5.96 Å². The van der Waals surface area contributed by atoms with E-state index >= 15 is 0 Å². The Balaban J connectivity index is 1.54. The molecule has 1 saturated heterocycles. The van der Waals surface area contributed by atoms with E-state index in [1.807, 2.05) is 19.2 Å². The number of rotatable bonds is 3. The molecule has 2 aliphatic heterocycles. The van der Waals surface area contributed by atoms with Gasteiger partial charge in [-0.1, -0.05) is 58.2 Å². The van der Waals surface area contributed by atoms with Crippen LogP contribution in [0.3, 0.4) is 0 Å². The normalized spacial score (nSPS) is 19.5. The van der Waals surface area contributed by atoms with Crippen LogP contribution in [0, 0.1) is 5.92 Å². The van der Waals surface area contributed by atoms with Crippen molar-refractivity contribution >= 4 is 17.2 Å². The van der Waals surface area contributed by atoms with Crippen molar-refractivity contribution in [3.63, 3.8) is 0 Å². The quantitative estimate of drug-likeness (QED) is 0.662. The molecule has 166 valence electrons. The van der Waals surface area contributed by atoms with Gasteiger partial charge in [-0.3, -0.25) is 0 Å². The lowest BCUT2D eigenvalue weighted by Crippen LogP contribution is -2.47. The van der Waals surface area contributed by atoms with Crippen molar-refractivity contribution in [1.82, 2.24) is 19.8 Å². The molecule has 4 rings (SSSR count). The summed E-state index contributed by atoms with van der Waals surface area (Å²) in [6.07, 6.45) is 7.52. The third-order valence-corrected chi connectivity index (χ3v) is 6.42. The minimum absolute atomic E-state index is 0.155. The second-order valence-electron chi connectivity index (χ2n) is 9.72. The van der Waals surface area contributed by atoms with Crippen LogP contribution in [0.4, 0.5) is 0 Å². The third kappa shape index (κ3) is 4.52. The predicted octanol–water partition coefficient (Wildman–Crippen LogP) is 5.36. The maximum atomic E-state index is 4.96. The highest BCUT2D eigenvalue weighted by atomic mass is 15.4. The fraction of sp³-hybridized carbons (Fsp3) is 0.370. The molecular formula is C27H33N5. The summed E-state index contributed by atoms with van der Waals surface area (Å²) < 4.78 is 0. The van der Waals surface area contributed by atoms with Crippen LogP contribution in [0.2, 0.25) is 0 Å². The fourth-order valence-electron chi connectivity index (χ4n) is 4.32. The van der Waals surface area contributed by atoms with E-state index in [-0.39, 0.29) is 5.41 Å². The fourth-order valence-corrected chi connectivity index (χ4v) is 4.32. The first-order valence-electron chi connectivity index (χ1n) is 11.3. The zero-order valence-electron chi connectivity index (χ0n) is 19.7. The lowest BCUT2D eigenvalue weighted by Gasteiger charge is -2.40. The number of nitrogens with zero attached hydrogens (tertiary/aromatic N) is 5. The van der Waals surface area contributed by atoms with Crippen LogP contribution < -0.4 is 0 Å². The summed E-state index contributed by atoms with van der Waals surface area (Å²) >= 11 is 0. The Hall–Kier alpha value is -3.21. The number of aliphatic imine (C=N–C) groups is 1. The highest BCUT2D eigenvalue weighted by Gasteiger charge is 2.29. The Labute approximate surface area is 191 Å². The molecule has 5 nitrogen and oxygen atoms in total. The summed E-state index contributed by atoms with van der Waals surface area (Å²) in [5.41, 5.74) is 6.48.